The van der Waals surface area contributed by atoms with Crippen LogP contribution in [-0.2, 0) is 13.0 Å². The second kappa shape index (κ2) is 6.03. The average Bonchev–Trinajstić information content (AvgIpc) is 2.34. The molecule has 0 radical (unpaired) electrons. The Balaban J connectivity index is 1.85. The highest BCUT2D eigenvalue weighted by Gasteiger charge is 2.10. The number of fused-ring (bicyclic) bond motifs is 1. The van der Waals surface area contributed by atoms with Crippen LogP contribution in [0.3, 0.4) is 0 Å². The van der Waals surface area contributed by atoms with Crippen LogP contribution in [0.15, 0.2) is 18.2 Å². The lowest BCUT2D eigenvalue weighted by molar-refractivity contribution is 0.288. The van der Waals surface area contributed by atoms with E-state index in [1.807, 2.05) is 6.92 Å². The van der Waals surface area contributed by atoms with Gasteiger partial charge >= 0.3 is 0 Å². The molecule has 0 bridgehead atoms. The van der Waals surface area contributed by atoms with Crippen molar-refractivity contribution in [2.45, 2.75) is 38.8 Å². The van der Waals surface area contributed by atoms with Crippen molar-refractivity contribution in [3.8, 4) is 5.75 Å². The van der Waals surface area contributed by atoms with Crippen LogP contribution >= 0.6 is 0 Å². The molecule has 3 heteroatoms. The van der Waals surface area contributed by atoms with Gasteiger partial charge in [-0.1, -0.05) is 12.1 Å². The highest BCUT2D eigenvalue weighted by molar-refractivity contribution is 5.38. The molecule has 94 valence electrons. The lowest BCUT2D eigenvalue weighted by Crippen LogP contribution is -2.23. The third kappa shape index (κ3) is 3.72. The van der Waals surface area contributed by atoms with Gasteiger partial charge in [-0.3, -0.25) is 0 Å². The summed E-state index contributed by atoms with van der Waals surface area (Å²) in [5, 5.41) is 3.42. The molecule has 0 fully saturated rings. The summed E-state index contributed by atoms with van der Waals surface area (Å²) < 4.78 is 5.60. The second-order valence-corrected chi connectivity index (χ2v) is 4.84. The number of rotatable bonds is 5. The van der Waals surface area contributed by atoms with Crippen LogP contribution in [0.25, 0.3) is 0 Å². The Kier molecular flexibility index (Phi) is 4.40. The summed E-state index contributed by atoms with van der Waals surface area (Å²) >= 11 is 0. The zero-order chi connectivity index (χ0) is 12.1. The summed E-state index contributed by atoms with van der Waals surface area (Å²) in [6.07, 6.45) is 3.30. The van der Waals surface area contributed by atoms with Gasteiger partial charge in [0.2, 0.25) is 0 Å². The van der Waals surface area contributed by atoms with Crippen molar-refractivity contribution in [3.05, 3.63) is 29.3 Å². The topological polar surface area (TPSA) is 47.3 Å². The number of hydrogen-bond donors (Lipinski definition) is 2. The molecule has 0 aromatic heterocycles. The molecule has 0 amide bonds. The molecule has 3 nitrogen and oxygen atoms in total. The largest absolute Gasteiger partial charge is 0.493 e. The summed E-state index contributed by atoms with van der Waals surface area (Å²) in [6, 6.07) is 6.77. The lowest BCUT2D eigenvalue weighted by atomic mass is 10.0. The first kappa shape index (κ1) is 12.4. The number of aryl methyl sites for hydroxylation is 1. The van der Waals surface area contributed by atoms with Gasteiger partial charge < -0.3 is 15.8 Å². The van der Waals surface area contributed by atoms with E-state index in [4.69, 9.17) is 10.5 Å². The molecule has 2 rings (SSSR count). The maximum Gasteiger partial charge on any atom is 0.122 e. The maximum absolute atomic E-state index is 5.71. The molecule has 17 heavy (non-hydrogen) atoms. The molecule has 1 aromatic rings. The van der Waals surface area contributed by atoms with Gasteiger partial charge in [0.1, 0.15) is 5.75 Å². The van der Waals surface area contributed by atoms with Crippen molar-refractivity contribution in [2.75, 3.05) is 13.2 Å². The van der Waals surface area contributed by atoms with Gasteiger partial charge in [0.25, 0.3) is 0 Å². The fraction of sp³-hybridized carbons (Fsp3) is 0.571. The number of benzene rings is 1. The molecule has 0 spiro atoms. The molecule has 0 saturated heterocycles. The number of nitrogens with two attached hydrogens (primary N) is 1. The van der Waals surface area contributed by atoms with Crippen molar-refractivity contribution in [1.82, 2.24) is 5.32 Å². The van der Waals surface area contributed by atoms with Crippen molar-refractivity contribution in [2.24, 2.45) is 5.73 Å². The van der Waals surface area contributed by atoms with Crippen LogP contribution in [-0.4, -0.2) is 19.2 Å². The highest BCUT2D eigenvalue weighted by atomic mass is 16.5. The smallest absolute Gasteiger partial charge is 0.122 e. The van der Waals surface area contributed by atoms with E-state index < -0.39 is 0 Å². The van der Waals surface area contributed by atoms with Crippen LogP contribution in [0.2, 0.25) is 0 Å². The number of ether oxygens (including phenoxy) is 1. The fourth-order valence-corrected chi connectivity index (χ4v) is 2.09. The Hall–Kier alpha value is -1.06. The van der Waals surface area contributed by atoms with E-state index in [9.17, 15) is 0 Å². The molecular weight excluding hydrogens is 212 g/mol. The Morgan fingerprint density at radius 3 is 3.18 bits per heavy atom. The summed E-state index contributed by atoms with van der Waals surface area (Å²) in [4.78, 5) is 0. The zero-order valence-corrected chi connectivity index (χ0v) is 10.5. The predicted octanol–water partition coefficient (Wildman–Crippen LogP) is 1.84. The predicted molar refractivity (Wildman–Crippen MR) is 70.2 cm³/mol. The van der Waals surface area contributed by atoms with Crippen molar-refractivity contribution in [1.29, 1.82) is 0 Å². The lowest BCUT2D eigenvalue weighted by Gasteiger charge is -2.18. The van der Waals surface area contributed by atoms with Gasteiger partial charge in [-0.05, 0) is 49.9 Å². The fourth-order valence-electron chi connectivity index (χ4n) is 2.09. The molecule has 1 aliphatic rings. The van der Waals surface area contributed by atoms with Gasteiger partial charge in [0.05, 0.1) is 6.61 Å². The Morgan fingerprint density at radius 2 is 2.35 bits per heavy atom. The molecule has 1 aliphatic heterocycles. The third-order valence-corrected chi connectivity index (χ3v) is 3.08. The van der Waals surface area contributed by atoms with E-state index in [0.717, 1.165) is 44.7 Å². The molecule has 1 heterocycles. The monoisotopic (exact) mass is 234 g/mol. The summed E-state index contributed by atoms with van der Waals surface area (Å²) in [5.74, 6) is 1.07. The summed E-state index contributed by atoms with van der Waals surface area (Å²) in [7, 11) is 0. The molecule has 0 saturated carbocycles. The minimum atomic E-state index is 0.277. The van der Waals surface area contributed by atoms with E-state index in [1.165, 1.54) is 11.1 Å². The Bertz CT molecular complexity index is 363. The minimum Gasteiger partial charge on any atom is -0.493 e. The van der Waals surface area contributed by atoms with Gasteiger partial charge in [-0.15, -0.1) is 0 Å². The van der Waals surface area contributed by atoms with E-state index in [2.05, 4.69) is 23.5 Å². The molecular formula is C14H22N2O. The normalized spacial score (nSPS) is 16.1. The SMILES string of the molecule is CC(N)CCNCc1ccc2c(c1)CCCO2. The molecule has 3 N–H and O–H groups in total. The standard InChI is InChI=1S/C14H22N2O/c1-11(15)6-7-16-10-12-4-5-14-13(9-12)3-2-8-17-14/h4-5,9,11,16H,2-3,6-8,10,15H2,1H3. The van der Waals surface area contributed by atoms with Crippen LogP contribution < -0.4 is 15.8 Å². The third-order valence-electron chi connectivity index (χ3n) is 3.08. The van der Waals surface area contributed by atoms with Gasteiger partial charge in [-0.25, -0.2) is 0 Å². The first-order valence-electron chi connectivity index (χ1n) is 6.46. The van der Waals surface area contributed by atoms with Crippen molar-refractivity contribution < 1.29 is 4.74 Å². The molecule has 0 aliphatic carbocycles. The minimum absolute atomic E-state index is 0.277. The summed E-state index contributed by atoms with van der Waals surface area (Å²) in [5.41, 5.74) is 8.39. The average molecular weight is 234 g/mol. The molecule has 1 aromatic carbocycles. The quantitative estimate of drug-likeness (QED) is 0.764. The maximum atomic E-state index is 5.71. The highest BCUT2D eigenvalue weighted by Crippen LogP contribution is 2.25. The first-order valence-corrected chi connectivity index (χ1v) is 6.46. The first-order chi connectivity index (χ1) is 8.25. The van der Waals surface area contributed by atoms with E-state index >= 15 is 0 Å². The van der Waals surface area contributed by atoms with Gasteiger partial charge in [0.15, 0.2) is 0 Å². The van der Waals surface area contributed by atoms with Crippen LogP contribution in [0.1, 0.15) is 30.9 Å². The molecule has 1 atom stereocenters. The van der Waals surface area contributed by atoms with E-state index in [0.29, 0.717) is 0 Å². The van der Waals surface area contributed by atoms with Crippen LogP contribution in [0, 0.1) is 0 Å². The van der Waals surface area contributed by atoms with E-state index in [-0.39, 0.29) is 6.04 Å². The van der Waals surface area contributed by atoms with Gasteiger partial charge in [0, 0.05) is 12.6 Å². The van der Waals surface area contributed by atoms with Gasteiger partial charge in [-0.2, -0.15) is 0 Å². The van der Waals surface area contributed by atoms with E-state index in [1.54, 1.807) is 0 Å². The second-order valence-electron chi connectivity index (χ2n) is 4.84. The Labute approximate surface area is 103 Å². The Morgan fingerprint density at radius 1 is 1.47 bits per heavy atom. The van der Waals surface area contributed by atoms with Crippen LogP contribution in [0.5, 0.6) is 5.75 Å². The summed E-state index contributed by atoms with van der Waals surface area (Å²) in [6.45, 7) is 4.79. The number of hydrogen-bond acceptors (Lipinski definition) is 3. The van der Waals surface area contributed by atoms with Crippen LogP contribution in [0.4, 0.5) is 0 Å². The van der Waals surface area contributed by atoms with Crippen molar-refractivity contribution in [3.63, 3.8) is 0 Å². The van der Waals surface area contributed by atoms with Crippen molar-refractivity contribution >= 4 is 0 Å². The molecule has 1 unspecified atom stereocenters. The number of nitrogens with one attached hydrogen (secondary N) is 1. The zero-order valence-electron chi connectivity index (χ0n) is 10.5.